The van der Waals surface area contributed by atoms with Crippen LogP contribution < -0.4 is 10.7 Å². The van der Waals surface area contributed by atoms with Crippen molar-refractivity contribution in [2.75, 3.05) is 5.32 Å². The SMILES string of the molecule is O=C(O)CCC/C=C\C[C@H]1C2CCC(C2)C1/C=N/NC(=O)Nc1ccccc1. The number of benzene rings is 1. The van der Waals surface area contributed by atoms with Crippen molar-refractivity contribution in [3.8, 4) is 0 Å². The van der Waals surface area contributed by atoms with Crippen LogP contribution in [0, 0.1) is 23.7 Å². The van der Waals surface area contributed by atoms with Crippen molar-refractivity contribution >= 4 is 23.9 Å². The van der Waals surface area contributed by atoms with Crippen molar-refractivity contribution in [2.24, 2.45) is 28.8 Å². The number of urea groups is 1. The zero-order chi connectivity index (χ0) is 19.8. The largest absolute Gasteiger partial charge is 0.481 e. The van der Waals surface area contributed by atoms with Gasteiger partial charge in [0, 0.05) is 24.2 Å². The second-order valence-corrected chi connectivity index (χ2v) is 7.78. The summed E-state index contributed by atoms with van der Waals surface area (Å²) in [6, 6.07) is 8.97. The summed E-state index contributed by atoms with van der Waals surface area (Å²) < 4.78 is 0. The van der Waals surface area contributed by atoms with Crippen molar-refractivity contribution < 1.29 is 14.7 Å². The fourth-order valence-electron chi connectivity index (χ4n) is 4.64. The number of carbonyl (C=O) groups excluding carboxylic acids is 1. The van der Waals surface area contributed by atoms with E-state index in [0.29, 0.717) is 24.2 Å². The highest BCUT2D eigenvalue weighted by Crippen LogP contribution is 2.52. The fourth-order valence-corrected chi connectivity index (χ4v) is 4.64. The van der Waals surface area contributed by atoms with E-state index < -0.39 is 5.97 Å². The zero-order valence-corrected chi connectivity index (χ0v) is 16.1. The van der Waals surface area contributed by atoms with Gasteiger partial charge in [0.2, 0.25) is 0 Å². The van der Waals surface area contributed by atoms with Gasteiger partial charge >= 0.3 is 12.0 Å². The number of carboxylic acids is 1. The molecule has 0 radical (unpaired) electrons. The molecule has 2 aliphatic rings. The number of amides is 2. The minimum Gasteiger partial charge on any atom is -0.481 e. The number of hydrazone groups is 1. The highest BCUT2D eigenvalue weighted by molar-refractivity contribution is 5.89. The Balaban J connectivity index is 1.46. The Labute approximate surface area is 166 Å². The summed E-state index contributed by atoms with van der Waals surface area (Å²) in [5.74, 6) is 1.64. The number of carboxylic acid groups (broad SMARTS) is 1. The van der Waals surface area contributed by atoms with Crippen LogP contribution in [0.4, 0.5) is 10.5 Å². The topological polar surface area (TPSA) is 90.8 Å². The Hall–Kier alpha value is -2.63. The molecule has 2 saturated carbocycles. The lowest BCUT2D eigenvalue weighted by Crippen LogP contribution is -2.27. The van der Waals surface area contributed by atoms with E-state index in [4.69, 9.17) is 5.11 Å². The first kappa shape index (κ1) is 20.1. The molecule has 0 aromatic heterocycles. The van der Waals surface area contributed by atoms with Gasteiger partial charge in [0.25, 0.3) is 0 Å². The van der Waals surface area contributed by atoms with Crippen molar-refractivity contribution in [1.29, 1.82) is 0 Å². The third-order valence-electron chi connectivity index (χ3n) is 5.94. The normalized spacial score (nSPS) is 26.1. The number of nitrogens with one attached hydrogen (secondary N) is 2. The number of carbonyl (C=O) groups is 2. The van der Waals surface area contributed by atoms with E-state index in [1.165, 1.54) is 19.3 Å². The molecule has 3 rings (SSSR count). The number of anilines is 1. The summed E-state index contributed by atoms with van der Waals surface area (Å²) in [6.07, 6.45) is 12.7. The van der Waals surface area contributed by atoms with E-state index in [9.17, 15) is 9.59 Å². The lowest BCUT2D eigenvalue weighted by molar-refractivity contribution is -0.137. The maximum absolute atomic E-state index is 12.0. The maximum atomic E-state index is 12.0. The highest BCUT2D eigenvalue weighted by Gasteiger charge is 2.45. The number of allylic oxidation sites excluding steroid dienone is 2. The van der Waals surface area contributed by atoms with Gasteiger partial charge in [0.05, 0.1) is 0 Å². The van der Waals surface area contributed by atoms with Crippen molar-refractivity contribution in [1.82, 2.24) is 5.43 Å². The van der Waals surface area contributed by atoms with Crippen molar-refractivity contribution in [3.05, 3.63) is 42.5 Å². The predicted molar refractivity (Wildman–Crippen MR) is 110 cm³/mol. The van der Waals surface area contributed by atoms with Crippen LogP contribution in [0.15, 0.2) is 47.6 Å². The Morgan fingerprint density at radius 2 is 1.93 bits per heavy atom. The number of rotatable bonds is 9. The van der Waals surface area contributed by atoms with Crippen molar-refractivity contribution in [3.63, 3.8) is 0 Å². The molecular formula is C22H29N3O3. The van der Waals surface area contributed by atoms with Gasteiger partial charge in [-0.1, -0.05) is 30.4 Å². The van der Waals surface area contributed by atoms with Crippen LogP contribution in [0.25, 0.3) is 0 Å². The van der Waals surface area contributed by atoms with E-state index in [-0.39, 0.29) is 12.5 Å². The van der Waals surface area contributed by atoms with Crippen LogP contribution in [0.3, 0.4) is 0 Å². The molecule has 0 aliphatic heterocycles. The van der Waals surface area contributed by atoms with Crippen LogP contribution in [0.5, 0.6) is 0 Å². The third kappa shape index (κ3) is 5.68. The smallest absolute Gasteiger partial charge is 0.339 e. The molecule has 1 aromatic carbocycles. The second-order valence-electron chi connectivity index (χ2n) is 7.78. The molecule has 28 heavy (non-hydrogen) atoms. The summed E-state index contributed by atoms with van der Waals surface area (Å²) in [7, 11) is 0. The first-order valence-corrected chi connectivity index (χ1v) is 10.2. The third-order valence-corrected chi connectivity index (χ3v) is 5.94. The molecule has 2 fully saturated rings. The Kier molecular flexibility index (Phi) is 7.23. The van der Waals surface area contributed by atoms with Gasteiger partial charge in [-0.3, -0.25) is 4.79 Å². The number of unbranched alkanes of at least 4 members (excludes halogenated alkanes) is 1. The first-order chi connectivity index (χ1) is 13.6. The molecule has 0 heterocycles. The molecule has 2 aliphatic carbocycles. The average Bonchev–Trinajstić information content (AvgIpc) is 3.27. The summed E-state index contributed by atoms with van der Waals surface area (Å²) in [5, 5.41) is 15.7. The quantitative estimate of drug-likeness (QED) is 0.251. The molecule has 0 saturated heterocycles. The number of hydrogen-bond acceptors (Lipinski definition) is 3. The molecule has 150 valence electrons. The minimum atomic E-state index is -0.735. The molecule has 1 aromatic rings. The fraction of sp³-hybridized carbons (Fsp3) is 0.500. The highest BCUT2D eigenvalue weighted by atomic mass is 16.4. The van der Waals surface area contributed by atoms with Gasteiger partial charge in [-0.05, 0) is 68.4 Å². The molecular weight excluding hydrogens is 354 g/mol. The average molecular weight is 383 g/mol. The lowest BCUT2D eigenvalue weighted by Gasteiger charge is -2.27. The summed E-state index contributed by atoms with van der Waals surface area (Å²) in [4.78, 5) is 22.5. The molecule has 3 unspecified atom stereocenters. The molecule has 4 atom stereocenters. The Bertz CT molecular complexity index is 717. The van der Waals surface area contributed by atoms with E-state index in [1.807, 2.05) is 36.5 Å². The van der Waals surface area contributed by atoms with Crippen LogP contribution in [-0.2, 0) is 4.79 Å². The Morgan fingerprint density at radius 3 is 2.71 bits per heavy atom. The molecule has 2 bridgehead atoms. The lowest BCUT2D eigenvalue weighted by atomic mass is 9.78. The molecule has 6 heteroatoms. The van der Waals surface area contributed by atoms with Gasteiger partial charge < -0.3 is 10.4 Å². The van der Waals surface area contributed by atoms with Crippen LogP contribution in [-0.4, -0.2) is 23.3 Å². The summed E-state index contributed by atoms with van der Waals surface area (Å²) in [5.41, 5.74) is 3.32. The maximum Gasteiger partial charge on any atom is 0.339 e. The number of hydrogen-bond donors (Lipinski definition) is 3. The molecule has 6 nitrogen and oxygen atoms in total. The van der Waals surface area contributed by atoms with E-state index in [2.05, 4.69) is 28.0 Å². The van der Waals surface area contributed by atoms with E-state index in [0.717, 1.165) is 24.4 Å². The minimum absolute atomic E-state index is 0.227. The summed E-state index contributed by atoms with van der Waals surface area (Å²) >= 11 is 0. The Morgan fingerprint density at radius 1 is 1.14 bits per heavy atom. The van der Waals surface area contributed by atoms with Gasteiger partial charge in [-0.2, -0.15) is 5.10 Å². The number of fused-ring (bicyclic) bond motifs is 2. The number of aliphatic carboxylic acids is 1. The summed E-state index contributed by atoms with van der Waals surface area (Å²) in [6.45, 7) is 0. The van der Waals surface area contributed by atoms with Crippen molar-refractivity contribution in [2.45, 2.75) is 44.9 Å². The zero-order valence-electron chi connectivity index (χ0n) is 16.1. The molecule has 2 amide bonds. The molecule has 3 N–H and O–H groups in total. The predicted octanol–water partition coefficient (Wildman–Crippen LogP) is 4.66. The molecule has 0 spiro atoms. The van der Waals surface area contributed by atoms with Gasteiger partial charge in [-0.15, -0.1) is 0 Å². The van der Waals surface area contributed by atoms with Crippen LogP contribution >= 0.6 is 0 Å². The standard InChI is InChI=1S/C22H29N3O3/c26-21(27)11-7-2-1-6-10-19-16-12-13-17(14-16)20(19)15-23-25-22(28)24-18-8-4-3-5-9-18/h1,3-6,8-9,15-17,19-20H,2,7,10-14H2,(H,26,27)(H2,24,25,28)/b6-1-,23-15+/t16?,17?,19-,20?/m0/s1. The van der Waals surface area contributed by atoms with E-state index >= 15 is 0 Å². The van der Waals surface area contributed by atoms with Gasteiger partial charge in [0.1, 0.15) is 0 Å². The monoisotopic (exact) mass is 383 g/mol. The number of para-hydroxylation sites is 1. The second kappa shape index (κ2) is 10.1. The van der Waals surface area contributed by atoms with Crippen LogP contribution in [0.2, 0.25) is 0 Å². The van der Waals surface area contributed by atoms with E-state index in [1.54, 1.807) is 0 Å². The van der Waals surface area contributed by atoms with Crippen LogP contribution in [0.1, 0.15) is 44.9 Å². The van der Waals surface area contributed by atoms with Gasteiger partial charge in [-0.25, -0.2) is 10.2 Å². The first-order valence-electron chi connectivity index (χ1n) is 10.2. The van der Waals surface area contributed by atoms with Gasteiger partial charge in [0.15, 0.2) is 0 Å². The number of nitrogens with zero attached hydrogens (tertiary/aromatic N) is 1.